The number of rotatable bonds is 8. The molecule has 0 saturated carbocycles. The summed E-state index contributed by atoms with van der Waals surface area (Å²) in [6.45, 7) is 8.43. The standard InChI is InChI=1S/C23H29N3O4S/c1-15(2)12-13-29-20-10-6-5-9-18(20)22(28)24-23(31)26-25-21(27)14-30-19-11-7-8-16(3)17(19)4/h5-11,15H,12-14H2,1-4H3,(H,25,27)(H2,24,26,28,31). The van der Waals surface area contributed by atoms with Crippen LogP contribution in [0.1, 0.15) is 41.8 Å². The van der Waals surface area contributed by atoms with Crippen LogP contribution in [0, 0.1) is 19.8 Å². The van der Waals surface area contributed by atoms with Gasteiger partial charge in [0.2, 0.25) is 0 Å². The molecule has 0 aliphatic rings. The zero-order valence-corrected chi connectivity index (χ0v) is 19.1. The van der Waals surface area contributed by atoms with Crippen LogP contribution in [0.3, 0.4) is 0 Å². The second-order valence-electron chi connectivity index (χ2n) is 7.47. The van der Waals surface area contributed by atoms with Crippen LogP contribution in [-0.2, 0) is 4.79 Å². The van der Waals surface area contributed by atoms with Gasteiger partial charge in [-0.15, -0.1) is 0 Å². The maximum Gasteiger partial charge on any atom is 0.276 e. The number of carbonyl (C=O) groups excluding carboxylic acids is 2. The molecule has 0 saturated heterocycles. The molecule has 0 aliphatic carbocycles. The number of hydrogen-bond donors (Lipinski definition) is 3. The van der Waals surface area contributed by atoms with Crippen molar-refractivity contribution < 1.29 is 19.1 Å². The van der Waals surface area contributed by atoms with Gasteiger partial charge in [0.05, 0.1) is 12.2 Å². The van der Waals surface area contributed by atoms with E-state index < -0.39 is 11.8 Å². The Morgan fingerprint density at radius 1 is 0.968 bits per heavy atom. The number of para-hydroxylation sites is 1. The molecular formula is C23H29N3O4S. The Bertz CT molecular complexity index is 931. The molecule has 8 heteroatoms. The van der Waals surface area contributed by atoms with Crippen LogP contribution in [0.2, 0.25) is 0 Å². The average Bonchev–Trinajstić information content (AvgIpc) is 2.73. The highest BCUT2D eigenvalue weighted by atomic mass is 32.1. The molecule has 0 unspecified atom stereocenters. The number of aryl methyl sites for hydroxylation is 1. The van der Waals surface area contributed by atoms with E-state index in [2.05, 4.69) is 30.0 Å². The zero-order chi connectivity index (χ0) is 22.8. The summed E-state index contributed by atoms with van der Waals surface area (Å²) in [6, 6.07) is 12.6. The molecule has 2 aromatic rings. The molecule has 0 heterocycles. The Balaban J connectivity index is 1.81. The predicted octanol–water partition coefficient (Wildman–Crippen LogP) is 3.44. The fraction of sp³-hybridized carbons (Fsp3) is 0.348. The van der Waals surface area contributed by atoms with Crippen LogP contribution in [0.5, 0.6) is 11.5 Å². The third-order valence-corrected chi connectivity index (χ3v) is 4.74. The molecule has 166 valence electrons. The lowest BCUT2D eigenvalue weighted by molar-refractivity contribution is -0.123. The second kappa shape index (κ2) is 11.9. The molecule has 0 bridgehead atoms. The normalized spacial score (nSPS) is 10.4. The lowest BCUT2D eigenvalue weighted by atomic mass is 10.1. The van der Waals surface area contributed by atoms with Gasteiger partial charge in [0.1, 0.15) is 11.5 Å². The second-order valence-corrected chi connectivity index (χ2v) is 7.88. The van der Waals surface area contributed by atoms with Crippen LogP contribution < -0.4 is 25.6 Å². The summed E-state index contributed by atoms with van der Waals surface area (Å²) < 4.78 is 11.3. The van der Waals surface area contributed by atoms with Crippen molar-refractivity contribution in [2.75, 3.05) is 13.2 Å². The van der Waals surface area contributed by atoms with Crippen molar-refractivity contribution in [3.05, 3.63) is 59.2 Å². The van der Waals surface area contributed by atoms with Gasteiger partial charge in [0.25, 0.3) is 11.8 Å². The minimum absolute atomic E-state index is 0.0398. The fourth-order valence-electron chi connectivity index (χ4n) is 2.57. The van der Waals surface area contributed by atoms with Gasteiger partial charge in [-0.3, -0.25) is 25.8 Å². The molecule has 7 nitrogen and oxygen atoms in total. The number of ether oxygens (including phenoxy) is 2. The number of nitrogens with one attached hydrogen (secondary N) is 3. The highest BCUT2D eigenvalue weighted by molar-refractivity contribution is 7.80. The molecule has 0 aliphatic heterocycles. The summed E-state index contributed by atoms with van der Waals surface area (Å²) in [6.07, 6.45) is 0.881. The minimum Gasteiger partial charge on any atom is -0.493 e. The van der Waals surface area contributed by atoms with E-state index in [1.54, 1.807) is 30.3 Å². The van der Waals surface area contributed by atoms with Gasteiger partial charge in [-0.2, -0.15) is 0 Å². The van der Waals surface area contributed by atoms with E-state index in [0.717, 1.165) is 17.5 Å². The van der Waals surface area contributed by atoms with Crippen molar-refractivity contribution >= 4 is 29.1 Å². The Morgan fingerprint density at radius 2 is 1.68 bits per heavy atom. The van der Waals surface area contributed by atoms with Gasteiger partial charge in [-0.1, -0.05) is 38.1 Å². The Hall–Kier alpha value is -3.13. The molecule has 3 N–H and O–H groups in total. The van der Waals surface area contributed by atoms with Crippen LogP contribution >= 0.6 is 12.2 Å². The van der Waals surface area contributed by atoms with E-state index in [1.807, 2.05) is 26.0 Å². The number of hydrogen-bond acceptors (Lipinski definition) is 5. The molecule has 31 heavy (non-hydrogen) atoms. The topological polar surface area (TPSA) is 88.7 Å². The van der Waals surface area contributed by atoms with Gasteiger partial charge in [0, 0.05) is 0 Å². The average molecular weight is 444 g/mol. The molecule has 0 radical (unpaired) electrons. The third-order valence-electron chi connectivity index (χ3n) is 4.54. The maximum atomic E-state index is 12.5. The van der Waals surface area contributed by atoms with Crippen molar-refractivity contribution in [3.63, 3.8) is 0 Å². The SMILES string of the molecule is Cc1cccc(OCC(=O)NNC(=S)NC(=O)c2ccccc2OCCC(C)C)c1C. The van der Waals surface area contributed by atoms with E-state index in [1.165, 1.54) is 0 Å². The minimum atomic E-state index is -0.435. The fourth-order valence-corrected chi connectivity index (χ4v) is 2.72. The van der Waals surface area contributed by atoms with Crippen molar-refractivity contribution in [1.29, 1.82) is 0 Å². The van der Waals surface area contributed by atoms with Gasteiger partial charge in [-0.25, -0.2) is 0 Å². The van der Waals surface area contributed by atoms with Crippen molar-refractivity contribution in [2.45, 2.75) is 34.1 Å². The van der Waals surface area contributed by atoms with Crippen LogP contribution in [-0.4, -0.2) is 30.1 Å². The van der Waals surface area contributed by atoms with Crippen LogP contribution in [0.15, 0.2) is 42.5 Å². The molecule has 0 fully saturated rings. The van der Waals surface area contributed by atoms with E-state index in [-0.39, 0.29) is 11.7 Å². The Kier molecular flexibility index (Phi) is 9.27. The smallest absolute Gasteiger partial charge is 0.276 e. The lowest BCUT2D eigenvalue weighted by Crippen LogP contribution is -2.49. The Labute approximate surface area is 188 Å². The quantitative estimate of drug-likeness (QED) is 0.428. The molecule has 2 aromatic carbocycles. The molecule has 0 atom stereocenters. The van der Waals surface area contributed by atoms with Crippen LogP contribution in [0.4, 0.5) is 0 Å². The number of carbonyl (C=O) groups is 2. The lowest BCUT2D eigenvalue weighted by Gasteiger charge is -2.14. The number of thiocarbonyl (C=S) groups is 1. The van der Waals surface area contributed by atoms with E-state index in [0.29, 0.717) is 29.6 Å². The van der Waals surface area contributed by atoms with Gasteiger partial charge in [0.15, 0.2) is 11.7 Å². The molecular weight excluding hydrogens is 414 g/mol. The van der Waals surface area contributed by atoms with Gasteiger partial charge in [-0.05, 0) is 67.7 Å². The summed E-state index contributed by atoms with van der Waals surface area (Å²) in [7, 11) is 0. The van der Waals surface area contributed by atoms with Crippen molar-refractivity contribution in [3.8, 4) is 11.5 Å². The summed E-state index contributed by atoms with van der Waals surface area (Å²) in [4.78, 5) is 24.6. The Morgan fingerprint density at radius 3 is 2.42 bits per heavy atom. The predicted molar refractivity (Wildman–Crippen MR) is 124 cm³/mol. The summed E-state index contributed by atoms with van der Waals surface area (Å²) >= 11 is 5.09. The van der Waals surface area contributed by atoms with E-state index >= 15 is 0 Å². The molecule has 0 aromatic heterocycles. The van der Waals surface area contributed by atoms with Crippen molar-refractivity contribution in [2.24, 2.45) is 5.92 Å². The molecule has 2 amide bonds. The molecule has 0 spiro atoms. The highest BCUT2D eigenvalue weighted by Crippen LogP contribution is 2.20. The summed E-state index contributed by atoms with van der Waals surface area (Å²) in [5.74, 6) is 0.753. The van der Waals surface area contributed by atoms with Gasteiger partial charge >= 0.3 is 0 Å². The van der Waals surface area contributed by atoms with Crippen LogP contribution in [0.25, 0.3) is 0 Å². The number of amides is 2. The highest BCUT2D eigenvalue weighted by Gasteiger charge is 2.14. The first kappa shape index (κ1) is 24.1. The van der Waals surface area contributed by atoms with Crippen molar-refractivity contribution in [1.82, 2.24) is 16.2 Å². The van der Waals surface area contributed by atoms with E-state index in [9.17, 15) is 9.59 Å². The van der Waals surface area contributed by atoms with E-state index in [4.69, 9.17) is 21.7 Å². The maximum absolute atomic E-state index is 12.5. The summed E-state index contributed by atoms with van der Waals surface area (Å²) in [5, 5.41) is 2.49. The zero-order valence-electron chi connectivity index (χ0n) is 18.3. The molecule has 2 rings (SSSR count). The number of benzene rings is 2. The monoisotopic (exact) mass is 443 g/mol. The first-order chi connectivity index (χ1) is 14.8. The first-order valence-corrected chi connectivity index (χ1v) is 10.5. The van der Waals surface area contributed by atoms with Gasteiger partial charge < -0.3 is 9.47 Å². The largest absolute Gasteiger partial charge is 0.493 e. The third kappa shape index (κ3) is 7.90. The number of hydrazine groups is 1. The summed E-state index contributed by atoms with van der Waals surface area (Å²) in [5.41, 5.74) is 7.32. The first-order valence-electron chi connectivity index (χ1n) is 10.1.